The molecule has 4 aliphatic carbocycles. The normalized spacial score (nSPS) is 47.2. The van der Waals surface area contributed by atoms with Crippen LogP contribution in [0.3, 0.4) is 0 Å². The molecule has 4 rings (SSSR count). The molecule has 7 atom stereocenters. The van der Waals surface area contributed by atoms with Gasteiger partial charge in [-0.3, -0.25) is 9.59 Å². The highest BCUT2D eigenvalue weighted by Crippen LogP contribution is 2.72. The van der Waals surface area contributed by atoms with Crippen LogP contribution in [0.25, 0.3) is 0 Å². The summed E-state index contributed by atoms with van der Waals surface area (Å²) in [6, 6.07) is 0. The van der Waals surface area contributed by atoms with Gasteiger partial charge in [-0.2, -0.15) is 0 Å². The molecular formula is C27H42O3. The van der Waals surface area contributed by atoms with Crippen molar-refractivity contribution >= 4 is 11.8 Å². The molecule has 168 valence electrons. The molecule has 3 fully saturated rings. The number of esters is 1. The Kier molecular flexibility index (Phi) is 5.11. The smallest absolute Gasteiger partial charge is 0.302 e. The number of carbonyl (C=O) groups is 2. The molecule has 0 amide bonds. The number of Topliss-reactive ketones (excluding diaryl/α,β-unsaturated/α-hetero) is 1. The Balaban J connectivity index is 1.80. The molecule has 0 aromatic heterocycles. The van der Waals surface area contributed by atoms with Crippen LogP contribution in [-0.2, 0) is 14.3 Å². The van der Waals surface area contributed by atoms with Crippen LogP contribution in [0.15, 0.2) is 11.6 Å². The first-order valence-electron chi connectivity index (χ1n) is 12.2. The Morgan fingerprint density at radius 3 is 2.20 bits per heavy atom. The maximum Gasteiger partial charge on any atom is 0.302 e. The van der Waals surface area contributed by atoms with Crippen LogP contribution in [0, 0.1) is 39.4 Å². The summed E-state index contributed by atoms with van der Waals surface area (Å²) in [5, 5.41) is 0. The SMILES string of the molecule is CC(=O)OC1CC2C3(C)CCCC(C)(C)C3CCC2(C)C2CC=C(C(C)=O)CC12C. The van der Waals surface area contributed by atoms with E-state index in [0.717, 1.165) is 30.8 Å². The summed E-state index contributed by atoms with van der Waals surface area (Å²) in [6.07, 6.45) is 11.3. The van der Waals surface area contributed by atoms with Crippen LogP contribution < -0.4 is 0 Å². The Morgan fingerprint density at radius 2 is 1.57 bits per heavy atom. The summed E-state index contributed by atoms with van der Waals surface area (Å²) < 4.78 is 6.08. The second-order valence-electron chi connectivity index (χ2n) is 12.6. The molecule has 0 bridgehead atoms. The lowest BCUT2D eigenvalue weighted by molar-refractivity contribution is -0.231. The fourth-order valence-corrected chi connectivity index (χ4v) is 9.27. The zero-order valence-corrected chi connectivity index (χ0v) is 20.3. The van der Waals surface area contributed by atoms with Gasteiger partial charge in [-0.15, -0.1) is 0 Å². The highest BCUT2D eigenvalue weighted by atomic mass is 16.5. The van der Waals surface area contributed by atoms with Crippen LogP contribution in [0.2, 0.25) is 0 Å². The second-order valence-corrected chi connectivity index (χ2v) is 12.6. The van der Waals surface area contributed by atoms with E-state index >= 15 is 0 Å². The third kappa shape index (κ3) is 3.05. The van der Waals surface area contributed by atoms with Crippen molar-refractivity contribution in [3.8, 4) is 0 Å². The maximum absolute atomic E-state index is 12.2. The van der Waals surface area contributed by atoms with Gasteiger partial charge in [0.15, 0.2) is 5.78 Å². The summed E-state index contributed by atoms with van der Waals surface area (Å²) in [4.78, 5) is 24.4. The fourth-order valence-electron chi connectivity index (χ4n) is 9.27. The van der Waals surface area contributed by atoms with E-state index < -0.39 is 0 Å². The molecule has 0 N–H and O–H groups in total. The number of ether oxygens (including phenoxy) is 1. The summed E-state index contributed by atoms with van der Waals surface area (Å²) in [7, 11) is 0. The minimum atomic E-state index is -0.177. The van der Waals surface area contributed by atoms with Crippen LogP contribution >= 0.6 is 0 Å². The van der Waals surface area contributed by atoms with Crippen molar-refractivity contribution in [2.75, 3.05) is 0 Å². The molecule has 0 aliphatic heterocycles. The Labute approximate surface area is 183 Å². The van der Waals surface area contributed by atoms with E-state index in [2.05, 4.69) is 40.7 Å². The van der Waals surface area contributed by atoms with Gasteiger partial charge in [0.05, 0.1) is 0 Å². The average Bonchev–Trinajstić information content (AvgIpc) is 2.61. The molecule has 7 unspecified atom stereocenters. The minimum absolute atomic E-state index is 0.0956. The first-order chi connectivity index (χ1) is 13.8. The largest absolute Gasteiger partial charge is 0.462 e. The van der Waals surface area contributed by atoms with E-state index in [1.165, 1.54) is 32.1 Å². The van der Waals surface area contributed by atoms with Crippen molar-refractivity contribution in [2.24, 2.45) is 39.4 Å². The van der Waals surface area contributed by atoms with E-state index in [4.69, 9.17) is 4.74 Å². The average molecular weight is 415 g/mol. The van der Waals surface area contributed by atoms with Crippen LogP contribution in [0.5, 0.6) is 0 Å². The molecule has 30 heavy (non-hydrogen) atoms. The molecular weight excluding hydrogens is 372 g/mol. The van der Waals surface area contributed by atoms with Crippen molar-refractivity contribution in [3.63, 3.8) is 0 Å². The molecule has 0 saturated heterocycles. The predicted molar refractivity (Wildman–Crippen MR) is 120 cm³/mol. The van der Waals surface area contributed by atoms with Crippen molar-refractivity contribution in [3.05, 3.63) is 11.6 Å². The molecule has 0 aromatic rings. The summed E-state index contributed by atoms with van der Waals surface area (Å²) >= 11 is 0. The molecule has 4 aliphatic rings. The molecule has 0 radical (unpaired) electrons. The van der Waals surface area contributed by atoms with Gasteiger partial charge in [-0.25, -0.2) is 0 Å². The lowest BCUT2D eigenvalue weighted by Crippen LogP contribution is -2.65. The molecule has 3 nitrogen and oxygen atoms in total. The van der Waals surface area contributed by atoms with Gasteiger partial charge in [0.25, 0.3) is 0 Å². The van der Waals surface area contributed by atoms with E-state index in [1.54, 1.807) is 13.8 Å². The van der Waals surface area contributed by atoms with Gasteiger partial charge in [-0.05, 0) is 91.4 Å². The monoisotopic (exact) mass is 414 g/mol. The Morgan fingerprint density at radius 1 is 0.900 bits per heavy atom. The molecule has 0 spiro atoms. The summed E-state index contributed by atoms with van der Waals surface area (Å²) in [6.45, 7) is 15.6. The quantitative estimate of drug-likeness (QED) is 0.484. The number of ketones is 1. The molecule has 3 heteroatoms. The number of fused-ring (bicyclic) bond motifs is 5. The number of hydrogen-bond donors (Lipinski definition) is 0. The number of rotatable bonds is 2. The Hall–Kier alpha value is -1.12. The minimum Gasteiger partial charge on any atom is -0.462 e. The zero-order chi connectivity index (χ0) is 22.1. The molecule has 3 saturated carbocycles. The van der Waals surface area contributed by atoms with E-state index in [1.807, 2.05) is 0 Å². The van der Waals surface area contributed by atoms with Gasteiger partial charge >= 0.3 is 5.97 Å². The van der Waals surface area contributed by atoms with Crippen LogP contribution in [0.4, 0.5) is 0 Å². The number of allylic oxidation sites excluding steroid dienone is 2. The molecule has 0 heterocycles. The summed E-state index contributed by atoms with van der Waals surface area (Å²) in [5.41, 5.74) is 1.72. The van der Waals surface area contributed by atoms with Crippen molar-refractivity contribution in [1.82, 2.24) is 0 Å². The van der Waals surface area contributed by atoms with Gasteiger partial charge in [0, 0.05) is 12.3 Å². The van der Waals surface area contributed by atoms with Gasteiger partial charge in [0.2, 0.25) is 0 Å². The van der Waals surface area contributed by atoms with Crippen molar-refractivity contribution < 1.29 is 14.3 Å². The molecule has 0 aromatic carbocycles. The topological polar surface area (TPSA) is 43.4 Å². The Bertz CT molecular complexity index is 779. The number of hydrogen-bond acceptors (Lipinski definition) is 3. The second kappa shape index (κ2) is 6.94. The standard InChI is InChI=1S/C27H42O3/c1-17(28)19-9-10-21-26(6)14-11-20-24(3,4)12-8-13-25(20,5)22(26)15-23(30-18(2)29)27(21,7)16-19/h9,20-23H,8,10-16H2,1-7H3. The predicted octanol–water partition coefficient (Wildman–Crippen LogP) is 6.50. The van der Waals surface area contributed by atoms with Crippen LogP contribution in [-0.4, -0.2) is 17.9 Å². The van der Waals surface area contributed by atoms with Gasteiger partial charge in [-0.1, -0.05) is 47.1 Å². The maximum atomic E-state index is 12.2. The third-order valence-electron chi connectivity index (χ3n) is 10.5. The highest BCUT2D eigenvalue weighted by Gasteiger charge is 2.67. The first kappa shape index (κ1) is 22.1. The first-order valence-corrected chi connectivity index (χ1v) is 12.2. The lowest BCUT2D eigenvalue weighted by atomic mass is 9.35. The number of carbonyl (C=O) groups excluding carboxylic acids is 2. The lowest BCUT2D eigenvalue weighted by Gasteiger charge is -2.70. The van der Waals surface area contributed by atoms with Gasteiger partial charge < -0.3 is 4.74 Å². The van der Waals surface area contributed by atoms with E-state index in [9.17, 15) is 9.59 Å². The van der Waals surface area contributed by atoms with Crippen molar-refractivity contribution in [2.45, 2.75) is 106 Å². The van der Waals surface area contributed by atoms with E-state index in [0.29, 0.717) is 22.7 Å². The highest BCUT2D eigenvalue weighted by molar-refractivity contribution is 5.93. The van der Waals surface area contributed by atoms with E-state index in [-0.39, 0.29) is 28.7 Å². The van der Waals surface area contributed by atoms with Crippen molar-refractivity contribution in [1.29, 1.82) is 0 Å². The fraction of sp³-hybridized carbons (Fsp3) is 0.852. The third-order valence-corrected chi connectivity index (χ3v) is 10.5. The van der Waals surface area contributed by atoms with Gasteiger partial charge in [0.1, 0.15) is 6.10 Å². The summed E-state index contributed by atoms with van der Waals surface area (Å²) in [5.74, 6) is 1.76. The van der Waals surface area contributed by atoms with Crippen LogP contribution in [0.1, 0.15) is 99.8 Å². The zero-order valence-electron chi connectivity index (χ0n) is 20.3.